The van der Waals surface area contributed by atoms with Gasteiger partial charge in [0, 0.05) is 12.6 Å². The van der Waals surface area contributed by atoms with Crippen LogP contribution in [0.15, 0.2) is 64.7 Å². The molecule has 0 aliphatic carbocycles. The van der Waals surface area contributed by atoms with E-state index in [0.29, 0.717) is 5.56 Å². The number of ether oxygens (including phenoxy) is 1. The zero-order chi connectivity index (χ0) is 21.2. The van der Waals surface area contributed by atoms with Crippen LogP contribution in [0.4, 0.5) is 5.69 Å². The van der Waals surface area contributed by atoms with Gasteiger partial charge in [0.05, 0.1) is 24.1 Å². The predicted octanol–water partition coefficient (Wildman–Crippen LogP) is 2.28. The number of amides is 1. The Labute approximate surface area is 168 Å². The van der Waals surface area contributed by atoms with Crippen molar-refractivity contribution in [3.8, 4) is 0 Å². The lowest BCUT2D eigenvalue weighted by atomic mass is 10.1. The molecule has 0 bridgehead atoms. The van der Waals surface area contributed by atoms with Crippen LogP contribution in [0.3, 0.4) is 0 Å². The molecule has 9 heteroatoms. The summed E-state index contributed by atoms with van der Waals surface area (Å²) in [5, 5.41) is 2.58. The highest BCUT2D eigenvalue weighted by molar-refractivity contribution is 7.88. The Hall–Kier alpha value is -3.46. The summed E-state index contributed by atoms with van der Waals surface area (Å²) in [6, 6.07) is 13.4. The van der Waals surface area contributed by atoms with E-state index < -0.39 is 22.1 Å². The van der Waals surface area contributed by atoms with Crippen molar-refractivity contribution >= 4 is 33.5 Å². The molecular formula is C20H19N3O5S. The quantitative estimate of drug-likeness (QED) is 0.775. The summed E-state index contributed by atoms with van der Waals surface area (Å²) in [6.07, 6.45) is 1.39. The van der Waals surface area contributed by atoms with Crippen molar-refractivity contribution in [3.05, 3.63) is 77.0 Å². The third kappa shape index (κ3) is 4.19. The highest BCUT2D eigenvalue weighted by Gasteiger charge is 2.30. The highest BCUT2D eigenvalue weighted by atomic mass is 32.2. The van der Waals surface area contributed by atoms with Gasteiger partial charge in [-0.1, -0.05) is 42.0 Å². The number of esters is 1. The van der Waals surface area contributed by atoms with Gasteiger partial charge in [0.1, 0.15) is 5.70 Å². The molecule has 0 atom stereocenters. The number of carbonyl (C=O) groups excluding carboxylic acids is 2. The number of likely N-dealkylation sites (N-methyl/N-ethyl adjacent to an activating group) is 1. The second-order valence-electron chi connectivity index (χ2n) is 6.31. The number of methoxy groups -OCH3 is 1. The van der Waals surface area contributed by atoms with Gasteiger partial charge in [-0.05, 0) is 25.1 Å². The molecule has 1 N–H and O–H groups in total. The van der Waals surface area contributed by atoms with Crippen LogP contribution in [-0.4, -0.2) is 44.5 Å². The first kappa shape index (κ1) is 20.3. The van der Waals surface area contributed by atoms with E-state index in [9.17, 15) is 18.0 Å². The molecular weight excluding hydrogens is 394 g/mol. The van der Waals surface area contributed by atoms with Gasteiger partial charge in [-0.2, -0.15) is 8.42 Å². The third-order valence-corrected chi connectivity index (χ3v) is 5.65. The van der Waals surface area contributed by atoms with Crippen molar-refractivity contribution in [2.45, 2.75) is 6.92 Å². The maximum Gasteiger partial charge on any atom is 0.345 e. The summed E-state index contributed by atoms with van der Waals surface area (Å²) in [5.41, 5.74) is 1.94. The van der Waals surface area contributed by atoms with Crippen molar-refractivity contribution in [1.82, 2.24) is 4.31 Å². The number of anilines is 1. The number of aryl methyl sites for hydroxylation is 1. The van der Waals surface area contributed by atoms with Crippen molar-refractivity contribution < 1.29 is 22.7 Å². The van der Waals surface area contributed by atoms with E-state index in [4.69, 9.17) is 4.74 Å². The highest BCUT2D eigenvalue weighted by Crippen LogP contribution is 2.23. The molecule has 29 heavy (non-hydrogen) atoms. The van der Waals surface area contributed by atoms with Crippen LogP contribution < -0.4 is 5.32 Å². The first-order valence-corrected chi connectivity index (χ1v) is 9.99. The Morgan fingerprint density at radius 3 is 2.38 bits per heavy atom. The van der Waals surface area contributed by atoms with Gasteiger partial charge in [-0.3, -0.25) is 4.79 Å². The SMILES string of the molecule is COC(=O)c1ccccc1NC(=O)C1=CC(c2ccc(C)cc2)=NS(=O)(=O)N1C. The lowest BCUT2D eigenvalue weighted by molar-refractivity contribution is -0.113. The molecule has 0 saturated carbocycles. The van der Waals surface area contributed by atoms with Crippen LogP contribution in [0.1, 0.15) is 21.5 Å². The molecule has 1 amide bonds. The van der Waals surface area contributed by atoms with E-state index in [0.717, 1.165) is 9.87 Å². The number of allylic oxidation sites excluding steroid dienone is 1. The zero-order valence-corrected chi connectivity index (χ0v) is 16.9. The van der Waals surface area contributed by atoms with E-state index in [1.54, 1.807) is 24.3 Å². The van der Waals surface area contributed by atoms with E-state index in [2.05, 4.69) is 9.71 Å². The van der Waals surface area contributed by atoms with E-state index >= 15 is 0 Å². The summed E-state index contributed by atoms with van der Waals surface area (Å²) < 4.78 is 34.2. The number of para-hydroxylation sites is 1. The van der Waals surface area contributed by atoms with Crippen molar-refractivity contribution in [3.63, 3.8) is 0 Å². The number of carbonyl (C=O) groups is 2. The summed E-state index contributed by atoms with van der Waals surface area (Å²) in [7, 11) is -1.62. The Kier molecular flexibility index (Phi) is 5.51. The molecule has 1 aliphatic heterocycles. The molecule has 2 aromatic rings. The van der Waals surface area contributed by atoms with Crippen molar-refractivity contribution in [2.24, 2.45) is 4.40 Å². The second-order valence-corrected chi connectivity index (χ2v) is 7.93. The minimum atomic E-state index is -4.09. The van der Waals surface area contributed by atoms with E-state index in [1.165, 1.54) is 32.4 Å². The molecule has 0 aromatic heterocycles. The maximum absolute atomic E-state index is 12.9. The number of nitrogens with zero attached hydrogens (tertiary/aromatic N) is 2. The van der Waals surface area contributed by atoms with Crippen molar-refractivity contribution in [1.29, 1.82) is 0 Å². The van der Waals surface area contributed by atoms with Crippen LogP contribution >= 0.6 is 0 Å². The van der Waals surface area contributed by atoms with Crippen LogP contribution in [-0.2, 0) is 19.7 Å². The predicted molar refractivity (Wildman–Crippen MR) is 109 cm³/mol. The van der Waals surface area contributed by atoms with Crippen LogP contribution in [0.25, 0.3) is 0 Å². The summed E-state index contributed by atoms with van der Waals surface area (Å²) in [6.45, 7) is 1.91. The van der Waals surface area contributed by atoms with Crippen molar-refractivity contribution in [2.75, 3.05) is 19.5 Å². The molecule has 8 nitrogen and oxygen atoms in total. The zero-order valence-electron chi connectivity index (χ0n) is 16.0. The van der Waals surface area contributed by atoms with Gasteiger partial charge in [0.15, 0.2) is 0 Å². The summed E-state index contributed by atoms with van der Waals surface area (Å²) >= 11 is 0. The number of rotatable bonds is 4. The number of nitrogens with one attached hydrogen (secondary N) is 1. The largest absolute Gasteiger partial charge is 0.465 e. The molecule has 2 aromatic carbocycles. The number of hydrogen-bond donors (Lipinski definition) is 1. The Morgan fingerprint density at radius 2 is 1.72 bits per heavy atom. The summed E-state index contributed by atoms with van der Waals surface area (Å²) in [5.74, 6) is -1.33. The Balaban J connectivity index is 1.98. The first-order chi connectivity index (χ1) is 13.7. The molecule has 150 valence electrons. The van der Waals surface area contributed by atoms with Gasteiger partial charge in [-0.25, -0.2) is 9.10 Å². The lowest BCUT2D eigenvalue weighted by Gasteiger charge is -2.24. The molecule has 0 radical (unpaired) electrons. The van der Waals surface area contributed by atoms with Gasteiger partial charge in [0.2, 0.25) is 0 Å². The molecule has 0 fully saturated rings. The van der Waals surface area contributed by atoms with Crippen LogP contribution in [0.2, 0.25) is 0 Å². The minimum Gasteiger partial charge on any atom is -0.465 e. The number of benzene rings is 2. The molecule has 0 unspecified atom stereocenters. The monoisotopic (exact) mass is 413 g/mol. The van der Waals surface area contributed by atoms with Crippen LogP contribution in [0, 0.1) is 6.92 Å². The van der Waals surface area contributed by atoms with Gasteiger partial charge < -0.3 is 10.1 Å². The number of hydrogen-bond acceptors (Lipinski definition) is 5. The van der Waals surface area contributed by atoms with Gasteiger partial charge in [0.25, 0.3) is 5.91 Å². The normalized spacial score (nSPS) is 15.2. The fourth-order valence-electron chi connectivity index (χ4n) is 2.69. The molecule has 0 spiro atoms. The maximum atomic E-state index is 12.9. The molecule has 1 aliphatic rings. The molecule has 1 heterocycles. The topological polar surface area (TPSA) is 105 Å². The standard InChI is InChI=1S/C20H19N3O5S/c1-13-8-10-14(11-9-13)17-12-18(23(2)29(26,27)22-17)19(24)21-16-7-5-4-6-15(16)20(25)28-3/h4-12H,1-3H3,(H,21,24). The molecule has 3 rings (SSSR count). The average molecular weight is 413 g/mol. The summed E-state index contributed by atoms with van der Waals surface area (Å²) in [4.78, 5) is 24.8. The van der Waals surface area contributed by atoms with Crippen LogP contribution in [0.5, 0.6) is 0 Å². The van der Waals surface area contributed by atoms with Gasteiger partial charge in [-0.15, -0.1) is 4.40 Å². The fraction of sp³-hybridized carbons (Fsp3) is 0.150. The third-order valence-electron chi connectivity index (χ3n) is 4.33. The van der Waals surface area contributed by atoms with E-state index in [-0.39, 0.29) is 22.7 Å². The van der Waals surface area contributed by atoms with E-state index in [1.807, 2.05) is 19.1 Å². The smallest absolute Gasteiger partial charge is 0.345 e. The minimum absolute atomic E-state index is 0.129. The lowest BCUT2D eigenvalue weighted by Crippen LogP contribution is -2.35. The van der Waals surface area contributed by atoms with Gasteiger partial charge >= 0.3 is 16.2 Å². The Morgan fingerprint density at radius 1 is 1.07 bits per heavy atom. The average Bonchev–Trinajstić information content (AvgIpc) is 2.70. The Bertz CT molecular complexity index is 1130. The molecule has 0 saturated heterocycles. The fourth-order valence-corrected chi connectivity index (χ4v) is 3.61. The second kappa shape index (κ2) is 7.88. The first-order valence-electron chi connectivity index (χ1n) is 8.59.